The van der Waals surface area contributed by atoms with Crippen LogP contribution in [-0.2, 0) is 9.53 Å². The molecule has 2 fully saturated rings. The minimum atomic E-state index is -0.956. The topological polar surface area (TPSA) is 122 Å². The number of rotatable bonds is 4. The summed E-state index contributed by atoms with van der Waals surface area (Å²) in [6.07, 6.45) is 1.96. The maximum Gasteiger partial charge on any atom is 0.404 e. The van der Waals surface area contributed by atoms with Gasteiger partial charge in [-0.25, -0.2) is 14.4 Å². The lowest BCUT2D eigenvalue weighted by molar-refractivity contribution is -0.142. The molecule has 2 rings (SSSR count). The number of aliphatic carboxylic acids is 1. The molecule has 1 aliphatic carbocycles. The van der Waals surface area contributed by atoms with E-state index in [1.807, 2.05) is 0 Å². The molecule has 8 nitrogen and oxygen atoms in total. The summed E-state index contributed by atoms with van der Waals surface area (Å²) in [5.41, 5.74) is 4.79. The van der Waals surface area contributed by atoms with Gasteiger partial charge in [-0.05, 0) is 24.7 Å². The number of urea groups is 1. The molecule has 0 aromatic carbocycles. The molecule has 3 amide bonds. The molecule has 1 saturated carbocycles. The van der Waals surface area contributed by atoms with Crippen LogP contribution in [0.5, 0.6) is 0 Å². The lowest BCUT2D eigenvalue weighted by atomic mass is 9.94. The summed E-state index contributed by atoms with van der Waals surface area (Å²) in [6, 6.07) is -1.18. The molecule has 1 aliphatic heterocycles. The molecule has 3 unspecified atom stereocenters. The van der Waals surface area contributed by atoms with Crippen molar-refractivity contribution in [2.24, 2.45) is 17.6 Å². The highest BCUT2D eigenvalue weighted by Gasteiger charge is 2.49. The van der Waals surface area contributed by atoms with E-state index in [1.165, 1.54) is 4.90 Å². The summed E-state index contributed by atoms with van der Waals surface area (Å²) in [5.74, 6) is -0.619. The van der Waals surface area contributed by atoms with Crippen LogP contribution in [0.3, 0.4) is 0 Å². The molecule has 20 heavy (non-hydrogen) atoms. The average Bonchev–Trinajstić information content (AvgIpc) is 2.92. The van der Waals surface area contributed by atoms with Crippen molar-refractivity contribution in [1.82, 2.24) is 10.2 Å². The molecule has 8 heteroatoms. The second-order valence-electron chi connectivity index (χ2n) is 5.19. The molecule has 1 heterocycles. The Labute approximate surface area is 116 Å². The molecule has 112 valence electrons. The largest absolute Gasteiger partial charge is 0.480 e. The fourth-order valence-corrected chi connectivity index (χ4v) is 3.24. The molecule has 4 N–H and O–H groups in total. The van der Waals surface area contributed by atoms with Gasteiger partial charge in [0.1, 0.15) is 12.6 Å². The second kappa shape index (κ2) is 5.98. The van der Waals surface area contributed by atoms with E-state index in [0.29, 0.717) is 6.54 Å². The maximum atomic E-state index is 12.0. The van der Waals surface area contributed by atoms with Crippen LogP contribution in [-0.4, -0.2) is 53.8 Å². The van der Waals surface area contributed by atoms with Crippen LogP contribution in [0.25, 0.3) is 0 Å². The Morgan fingerprint density at radius 1 is 1.35 bits per heavy atom. The highest BCUT2D eigenvalue weighted by molar-refractivity contribution is 5.83. The number of carbonyl (C=O) groups is 3. The quantitative estimate of drug-likeness (QED) is 0.626. The number of nitrogens with one attached hydrogen (secondary N) is 1. The van der Waals surface area contributed by atoms with Crippen molar-refractivity contribution in [3.8, 4) is 0 Å². The van der Waals surface area contributed by atoms with Crippen molar-refractivity contribution in [1.29, 1.82) is 0 Å². The number of carboxylic acids is 1. The zero-order chi connectivity index (χ0) is 14.7. The lowest BCUT2D eigenvalue weighted by Gasteiger charge is -2.24. The van der Waals surface area contributed by atoms with Crippen LogP contribution in [0.2, 0.25) is 0 Å². The fraction of sp³-hybridized carbons (Fsp3) is 0.750. The minimum absolute atomic E-state index is 0.0283. The molecule has 2 aliphatic rings. The summed E-state index contributed by atoms with van der Waals surface area (Å²) in [7, 11) is 0. The molecule has 0 spiro atoms. The first-order valence-electron chi connectivity index (χ1n) is 6.70. The van der Waals surface area contributed by atoms with Crippen LogP contribution in [0.1, 0.15) is 19.3 Å². The normalized spacial score (nSPS) is 28.0. The second-order valence-corrected chi connectivity index (χ2v) is 5.19. The van der Waals surface area contributed by atoms with Gasteiger partial charge in [0.25, 0.3) is 0 Å². The fourth-order valence-electron chi connectivity index (χ4n) is 3.24. The number of amides is 3. The lowest BCUT2D eigenvalue weighted by Crippen LogP contribution is -2.48. The van der Waals surface area contributed by atoms with E-state index >= 15 is 0 Å². The number of nitrogens with zero attached hydrogens (tertiary/aromatic N) is 1. The van der Waals surface area contributed by atoms with Gasteiger partial charge in [-0.15, -0.1) is 0 Å². The number of primary amides is 1. The molecular formula is C12H19N3O5. The zero-order valence-electron chi connectivity index (χ0n) is 11.1. The van der Waals surface area contributed by atoms with Crippen LogP contribution in [0.15, 0.2) is 0 Å². The molecule has 0 aromatic heterocycles. The first-order chi connectivity index (χ1) is 9.50. The van der Waals surface area contributed by atoms with E-state index in [1.54, 1.807) is 0 Å². The number of likely N-dealkylation sites (tertiary alicyclic amines) is 1. The van der Waals surface area contributed by atoms with Crippen molar-refractivity contribution in [2.45, 2.75) is 25.3 Å². The maximum absolute atomic E-state index is 12.0. The van der Waals surface area contributed by atoms with Gasteiger partial charge >= 0.3 is 18.1 Å². The van der Waals surface area contributed by atoms with Crippen LogP contribution < -0.4 is 11.1 Å². The van der Waals surface area contributed by atoms with E-state index in [2.05, 4.69) is 10.1 Å². The Morgan fingerprint density at radius 3 is 2.75 bits per heavy atom. The van der Waals surface area contributed by atoms with Gasteiger partial charge in [0.2, 0.25) is 0 Å². The number of carboxylic acid groups (broad SMARTS) is 1. The Kier molecular flexibility index (Phi) is 4.31. The number of hydrogen-bond acceptors (Lipinski definition) is 4. The van der Waals surface area contributed by atoms with Gasteiger partial charge in [0.15, 0.2) is 0 Å². The third-order valence-corrected chi connectivity index (χ3v) is 4.03. The van der Waals surface area contributed by atoms with Crippen LogP contribution in [0.4, 0.5) is 9.59 Å². The SMILES string of the molecule is NC(=O)OCCNC(=O)N1CC2CCCC2C1C(=O)O. The number of ether oxygens (including phenoxy) is 1. The van der Waals surface area contributed by atoms with Gasteiger partial charge in [0.05, 0.1) is 6.54 Å². The summed E-state index contributed by atoms with van der Waals surface area (Å²) < 4.78 is 4.49. The summed E-state index contributed by atoms with van der Waals surface area (Å²) in [5, 5.41) is 11.9. The van der Waals surface area contributed by atoms with E-state index in [0.717, 1.165) is 19.3 Å². The van der Waals surface area contributed by atoms with Crippen molar-refractivity contribution in [3.05, 3.63) is 0 Å². The Morgan fingerprint density at radius 2 is 2.10 bits per heavy atom. The minimum Gasteiger partial charge on any atom is -0.480 e. The Hall–Kier alpha value is -1.99. The van der Waals surface area contributed by atoms with E-state index < -0.39 is 24.1 Å². The van der Waals surface area contributed by atoms with E-state index in [-0.39, 0.29) is 25.0 Å². The molecule has 0 radical (unpaired) electrons. The molecule has 3 atom stereocenters. The highest BCUT2D eigenvalue weighted by atomic mass is 16.5. The van der Waals surface area contributed by atoms with Gasteiger partial charge in [-0.3, -0.25) is 0 Å². The molecular weight excluding hydrogens is 266 g/mol. The van der Waals surface area contributed by atoms with Crippen molar-refractivity contribution in [2.75, 3.05) is 19.7 Å². The average molecular weight is 285 g/mol. The molecule has 0 aromatic rings. The van der Waals surface area contributed by atoms with E-state index in [4.69, 9.17) is 5.73 Å². The van der Waals surface area contributed by atoms with Crippen molar-refractivity contribution >= 4 is 18.1 Å². The third-order valence-electron chi connectivity index (χ3n) is 4.03. The monoisotopic (exact) mass is 285 g/mol. The number of hydrogen-bond donors (Lipinski definition) is 3. The van der Waals surface area contributed by atoms with Gasteiger partial charge < -0.3 is 25.8 Å². The van der Waals surface area contributed by atoms with Gasteiger partial charge in [-0.1, -0.05) is 6.42 Å². The predicted molar refractivity (Wildman–Crippen MR) is 67.9 cm³/mol. The summed E-state index contributed by atoms with van der Waals surface area (Å²) in [4.78, 5) is 35.1. The number of carbonyl (C=O) groups excluding carboxylic acids is 2. The van der Waals surface area contributed by atoms with Crippen LogP contribution >= 0.6 is 0 Å². The standard InChI is InChI=1S/C12H19N3O5/c13-11(18)20-5-4-14-12(19)15-6-7-2-1-3-8(7)9(15)10(16)17/h7-9H,1-6H2,(H2,13,18)(H,14,19)(H,16,17). The summed E-state index contributed by atoms with van der Waals surface area (Å²) in [6.45, 7) is 0.559. The third kappa shape index (κ3) is 2.94. The van der Waals surface area contributed by atoms with Crippen LogP contribution in [0, 0.1) is 11.8 Å². The van der Waals surface area contributed by atoms with Crippen molar-refractivity contribution in [3.63, 3.8) is 0 Å². The van der Waals surface area contributed by atoms with Gasteiger partial charge in [0, 0.05) is 6.54 Å². The summed E-state index contributed by atoms with van der Waals surface area (Å²) >= 11 is 0. The van der Waals surface area contributed by atoms with Crippen molar-refractivity contribution < 1.29 is 24.2 Å². The first-order valence-corrected chi connectivity index (χ1v) is 6.70. The Bertz CT molecular complexity index is 414. The van der Waals surface area contributed by atoms with E-state index in [9.17, 15) is 19.5 Å². The molecule has 0 bridgehead atoms. The number of fused-ring (bicyclic) bond motifs is 1. The number of nitrogens with two attached hydrogens (primary N) is 1. The Balaban J connectivity index is 1.88. The predicted octanol–water partition coefficient (Wildman–Crippen LogP) is -0.0236. The zero-order valence-corrected chi connectivity index (χ0v) is 11.1. The molecule has 1 saturated heterocycles. The highest BCUT2D eigenvalue weighted by Crippen LogP contribution is 2.42. The first kappa shape index (κ1) is 14.4. The smallest absolute Gasteiger partial charge is 0.404 e. The van der Waals surface area contributed by atoms with Gasteiger partial charge in [-0.2, -0.15) is 0 Å².